The van der Waals surface area contributed by atoms with Gasteiger partial charge in [0.15, 0.2) is 0 Å². The Morgan fingerprint density at radius 3 is 1.94 bits per heavy atom. The first kappa shape index (κ1) is 16.2. The molecule has 4 heteroatoms. The number of carbonyl (C=O) groups excluding carboxylic acids is 1. The number of hydrogen-bond donors (Lipinski definition) is 0. The minimum absolute atomic E-state index is 0.227. The molecule has 0 aromatic heterocycles. The summed E-state index contributed by atoms with van der Waals surface area (Å²) in [6.45, 7) is 16.2. The summed E-state index contributed by atoms with van der Waals surface area (Å²) in [7, 11) is -1.73. The van der Waals surface area contributed by atoms with Gasteiger partial charge < -0.3 is 9.16 Å². The zero-order chi connectivity index (χ0) is 13.9. The van der Waals surface area contributed by atoms with Gasteiger partial charge in [0.2, 0.25) is 8.32 Å². The number of hydrogen-bond acceptors (Lipinski definition) is 3. The Kier molecular flexibility index (Phi) is 5.45. The minimum Gasteiger partial charge on any atom is -0.546 e. The maximum Gasteiger partial charge on any atom is 0.319 e. The van der Waals surface area contributed by atoms with E-state index < -0.39 is 13.7 Å². The second kappa shape index (κ2) is 5.71. The molecule has 100 valence electrons. The van der Waals surface area contributed by atoms with Gasteiger partial charge in [-0.2, -0.15) is 0 Å². The van der Waals surface area contributed by atoms with Crippen molar-refractivity contribution >= 4 is 14.3 Å². The van der Waals surface area contributed by atoms with E-state index in [0.717, 1.165) is 11.3 Å². The van der Waals surface area contributed by atoms with Gasteiger partial charge in [0.1, 0.15) is 5.41 Å². The molecule has 0 spiro atoms. The van der Waals surface area contributed by atoms with Crippen molar-refractivity contribution in [3.8, 4) is 0 Å². The van der Waals surface area contributed by atoms with Crippen LogP contribution in [0, 0.1) is 5.41 Å². The lowest BCUT2D eigenvalue weighted by atomic mass is 9.89. The van der Waals surface area contributed by atoms with Gasteiger partial charge in [-0.15, -0.1) is 0 Å². The molecule has 0 aromatic carbocycles. The predicted octanol–water partition coefficient (Wildman–Crippen LogP) is 3.72. The second-order valence-electron chi connectivity index (χ2n) is 5.89. The summed E-state index contributed by atoms with van der Waals surface area (Å²) >= 11 is 0. The largest absolute Gasteiger partial charge is 0.546 e. The van der Waals surface area contributed by atoms with Crippen LogP contribution in [-0.4, -0.2) is 20.9 Å². The Balaban J connectivity index is 5.22. The molecule has 0 radical (unpaired) electrons. The molecular weight excluding hydrogens is 232 g/mol. The number of carbonyl (C=O) groups is 1. The fourth-order valence-electron chi connectivity index (χ4n) is 1.57. The van der Waals surface area contributed by atoms with Crippen LogP contribution in [0.4, 0.5) is 0 Å². The highest BCUT2D eigenvalue weighted by Crippen LogP contribution is 2.33. The SMILES string of the molecule is CCOC(=O)C(C)(C)C(O[Si](C)(C)C)=C(C)C. The second-order valence-corrected chi connectivity index (χ2v) is 10.3. The summed E-state index contributed by atoms with van der Waals surface area (Å²) in [5.41, 5.74) is 0.320. The molecule has 0 saturated heterocycles. The van der Waals surface area contributed by atoms with Crippen LogP contribution >= 0.6 is 0 Å². The number of allylic oxidation sites excluding steroid dienone is 1. The van der Waals surface area contributed by atoms with Crippen LogP contribution in [0.3, 0.4) is 0 Å². The van der Waals surface area contributed by atoms with Crippen molar-refractivity contribution in [2.24, 2.45) is 5.41 Å². The molecule has 3 nitrogen and oxygen atoms in total. The highest BCUT2D eigenvalue weighted by Gasteiger charge is 2.38. The zero-order valence-electron chi connectivity index (χ0n) is 12.4. The van der Waals surface area contributed by atoms with Crippen LogP contribution in [0.1, 0.15) is 34.6 Å². The van der Waals surface area contributed by atoms with Crippen molar-refractivity contribution in [1.29, 1.82) is 0 Å². The maximum atomic E-state index is 12.0. The van der Waals surface area contributed by atoms with E-state index in [1.165, 1.54) is 0 Å². The Hall–Kier alpha value is -0.773. The molecule has 0 heterocycles. The lowest BCUT2D eigenvalue weighted by molar-refractivity contribution is -0.152. The Morgan fingerprint density at radius 2 is 1.65 bits per heavy atom. The Labute approximate surface area is 106 Å². The maximum absolute atomic E-state index is 12.0. The molecule has 0 amide bonds. The van der Waals surface area contributed by atoms with Crippen molar-refractivity contribution in [3.05, 3.63) is 11.3 Å². The molecule has 0 unspecified atom stereocenters. The molecule has 0 aliphatic heterocycles. The van der Waals surface area contributed by atoms with Gasteiger partial charge in [-0.05, 0) is 59.8 Å². The highest BCUT2D eigenvalue weighted by molar-refractivity contribution is 6.70. The van der Waals surface area contributed by atoms with Crippen LogP contribution < -0.4 is 0 Å². The smallest absolute Gasteiger partial charge is 0.319 e. The summed E-state index contributed by atoms with van der Waals surface area (Å²) in [5, 5.41) is 0. The fourth-order valence-corrected chi connectivity index (χ4v) is 2.64. The molecule has 0 atom stereocenters. The average Bonchev–Trinajstić information content (AvgIpc) is 2.12. The van der Waals surface area contributed by atoms with Crippen LogP contribution in [0.15, 0.2) is 11.3 Å². The molecule has 0 N–H and O–H groups in total. The van der Waals surface area contributed by atoms with E-state index in [0.29, 0.717) is 6.61 Å². The fraction of sp³-hybridized carbons (Fsp3) is 0.769. The number of esters is 1. The molecule has 0 saturated carbocycles. The normalized spacial score (nSPS) is 12.0. The van der Waals surface area contributed by atoms with Gasteiger partial charge in [0.25, 0.3) is 0 Å². The van der Waals surface area contributed by atoms with Crippen molar-refractivity contribution in [3.63, 3.8) is 0 Å². The third-order valence-corrected chi connectivity index (χ3v) is 3.03. The zero-order valence-corrected chi connectivity index (χ0v) is 13.4. The lowest BCUT2D eigenvalue weighted by Gasteiger charge is -2.32. The average molecular weight is 258 g/mol. The van der Waals surface area contributed by atoms with E-state index in [-0.39, 0.29) is 5.97 Å². The van der Waals surface area contributed by atoms with Crippen molar-refractivity contribution in [2.45, 2.75) is 54.3 Å². The Bertz CT molecular complexity index is 307. The van der Waals surface area contributed by atoms with E-state index in [2.05, 4.69) is 19.6 Å². The predicted molar refractivity (Wildman–Crippen MR) is 73.2 cm³/mol. The summed E-state index contributed by atoms with van der Waals surface area (Å²) in [5.74, 6) is 0.532. The molecular formula is C13H26O3Si. The molecule has 0 aliphatic carbocycles. The van der Waals surface area contributed by atoms with Crippen molar-refractivity contribution in [1.82, 2.24) is 0 Å². The molecule has 0 aliphatic rings. The first-order valence-electron chi connectivity index (χ1n) is 6.06. The quantitative estimate of drug-likeness (QED) is 0.428. The third-order valence-electron chi connectivity index (χ3n) is 2.22. The number of rotatable bonds is 5. The molecule has 0 bridgehead atoms. The van der Waals surface area contributed by atoms with E-state index in [9.17, 15) is 4.79 Å². The monoisotopic (exact) mass is 258 g/mol. The van der Waals surface area contributed by atoms with Crippen LogP contribution in [0.25, 0.3) is 0 Å². The van der Waals surface area contributed by atoms with Crippen molar-refractivity contribution in [2.75, 3.05) is 6.61 Å². The van der Waals surface area contributed by atoms with Gasteiger partial charge in [-0.1, -0.05) is 0 Å². The van der Waals surface area contributed by atoms with E-state index in [1.54, 1.807) is 0 Å². The first-order chi connectivity index (χ1) is 7.52. The van der Waals surface area contributed by atoms with Crippen LogP contribution in [0.5, 0.6) is 0 Å². The van der Waals surface area contributed by atoms with Crippen LogP contribution in [0.2, 0.25) is 19.6 Å². The summed E-state index contributed by atoms with van der Waals surface area (Å²) < 4.78 is 11.2. The van der Waals surface area contributed by atoms with E-state index >= 15 is 0 Å². The number of ether oxygens (including phenoxy) is 1. The summed E-state index contributed by atoms with van der Waals surface area (Å²) in [6, 6.07) is 0. The molecule has 0 rings (SSSR count). The van der Waals surface area contributed by atoms with Gasteiger partial charge in [0.05, 0.1) is 12.4 Å². The highest BCUT2D eigenvalue weighted by atomic mass is 28.4. The van der Waals surface area contributed by atoms with Crippen molar-refractivity contribution < 1.29 is 14.0 Å². The standard InChI is InChI=1S/C13H26O3Si/c1-9-15-12(14)13(4,5)11(10(2)3)16-17(6,7)8/h9H2,1-8H3. The Morgan fingerprint density at radius 1 is 1.18 bits per heavy atom. The van der Waals surface area contributed by atoms with Gasteiger partial charge in [-0.25, -0.2) is 0 Å². The van der Waals surface area contributed by atoms with Gasteiger partial charge in [0, 0.05) is 0 Å². The van der Waals surface area contributed by atoms with E-state index in [4.69, 9.17) is 9.16 Å². The van der Waals surface area contributed by atoms with Gasteiger partial charge >= 0.3 is 5.97 Å². The third kappa shape index (κ3) is 4.94. The minimum atomic E-state index is -1.73. The summed E-state index contributed by atoms with van der Waals surface area (Å²) in [6.07, 6.45) is 0. The topological polar surface area (TPSA) is 35.5 Å². The van der Waals surface area contributed by atoms with E-state index in [1.807, 2.05) is 34.6 Å². The lowest BCUT2D eigenvalue weighted by Crippen LogP contribution is -2.36. The van der Waals surface area contributed by atoms with Crippen LogP contribution in [-0.2, 0) is 14.0 Å². The molecule has 17 heavy (non-hydrogen) atoms. The van der Waals surface area contributed by atoms with Gasteiger partial charge in [-0.3, -0.25) is 4.79 Å². The molecule has 0 aromatic rings. The summed E-state index contributed by atoms with van der Waals surface area (Å²) in [4.78, 5) is 12.0. The first-order valence-corrected chi connectivity index (χ1v) is 9.47. The molecule has 0 fully saturated rings.